The van der Waals surface area contributed by atoms with E-state index in [2.05, 4.69) is 5.32 Å². The van der Waals surface area contributed by atoms with Crippen LogP contribution in [0.4, 0.5) is 0 Å². The van der Waals surface area contributed by atoms with Gasteiger partial charge in [-0.1, -0.05) is 13.3 Å². The minimum absolute atomic E-state index is 0.131. The quantitative estimate of drug-likeness (QED) is 0.711. The standard InChI is InChI=1S/C14H23NO4/c1-8-5-10(11(6-8)14(18)19)13(17)15-7-9-3-2-4-12(9)16/h8-12,16H,2-7H2,1H3,(H,15,17)(H,18,19)/t8?,9?,10-,11+,12?/m0/s1. The number of hydrogen-bond donors (Lipinski definition) is 3. The van der Waals surface area contributed by atoms with Gasteiger partial charge in [-0.05, 0) is 31.6 Å². The highest BCUT2D eigenvalue weighted by Crippen LogP contribution is 2.36. The van der Waals surface area contributed by atoms with Gasteiger partial charge in [-0.2, -0.15) is 0 Å². The highest BCUT2D eigenvalue weighted by molar-refractivity contribution is 5.85. The molecule has 0 aliphatic heterocycles. The third-order valence-electron chi connectivity index (χ3n) is 4.61. The summed E-state index contributed by atoms with van der Waals surface area (Å²) in [6.45, 7) is 2.46. The summed E-state index contributed by atoms with van der Waals surface area (Å²) in [6.07, 6.45) is 3.65. The average Bonchev–Trinajstić information content (AvgIpc) is 2.92. The maximum atomic E-state index is 12.1. The summed E-state index contributed by atoms with van der Waals surface area (Å²) < 4.78 is 0. The summed E-state index contributed by atoms with van der Waals surface area (Å²) in [7, 11) is 0. The molecule has 19 heavy (non-hydrogen) atoms. The molecule has 0 saturated heterocycles. The summed E-state index contributed by atoms with van der Waals surface area (Å²) in [4.78, 5) is 23.3. The molecule has 2 aliphatic rings. The first kappa shape index (κ1) is 14.3. The van der Waals surface area contributed by atoms with Crippen LogP contribution in [-0.2, 0) is 9.59 Å². The Morgan fingerprint density at radius 1 is 1.21 bits per heavy atom. The van der Waals surface area contributed by atoms with E-state index in [9.17, 15) is 14.7 Å². The highest BCUT2D eigenvalue weighted by atomic mass is 16.4. The fraction of sp³-hybridized carbons (Fsp3) is 0.857. The number of rotatable bonds is 4. The second-order valence-corrected chi connectivity index (χ2v) is 6.13. The Labute approximate surface area is 113 Å². The minimum Gasteiger partial charge on any atom is -0.481 e. The van der Waals surface area contributed by atoms with Crippen molar-refractivity contribution in [1.82, 2.24) is 5.32 Å². The van der Waals surface area contributed by atoms with E-state index in [1.54, 1.807) is 0 Å². The summed E-state index contributed by atoms with van der Waals surface area (Å²) in [6, 6.07) is 0. The van der Waals surface area contributed by atoms with Crippen LogP contribution in [0, 0.1) is 23.7 Å². The second-order valence-electron chi connectivity index (χ2n) is 6.13. The number of amides is 1. The topological polar surface area (TPSA) is 86.6 Å². The van der Waals surface area contributed by atoms with Crippen LogP contribution in [0.2, 0.25) is 0 Å². The van der Waals surface area contributed by atoms with E-state index in [-0.39, 0.29) is 23.8 Å². The molecule has 0 radical (unpaired) electrons. The Morgan fingerprint density at radius 3 is 2.47 bits per heavy atom. The van der Waals surface area contributed by atoms with Gasteiger partial charge in [-0.3, -0.25) is 9.59 Å². The van der Waals surface area contributed by atoms with Crippen LogP contribution in [0.15, 0.2) is 0 Å². The van der Waals surface area contributed by atoms with Gasteiger partial charge in [0.05, 0.1) is 17.9 Å². The number of carbonyl (C=O) groups is 2. The van der Waals surface area contributed by atoms with E-state index in [0.29, 0.717) is 19.4 Å². The van der Waals surface area contributed by atoms with Crippen LogP contribution in [0.1, 0.15) is 39.0 Å². The summed E-state index contributed by atoms with van der Waals surface area (Å²) in [5.74, 6) is -1.57. The zero-order valence-electron chi connectivity index (χ0n) is 11.3. The van der Waals surface area contributed by atoms with Crippen molar-refractivity contribution in [1.29, 1.82) is 0 Å². The molecule has 1 amide bonds. The van der Waals surface area contributed by atoms with Crippen LogP contribution in [-0.4, -0.2) is 34.7 Å². The first-order valence-electron chi connectivity index (χ1n) is 7.17. The minimum atomic E-state index is -0.870. The van der Waals surface area contributed by atoms with Gasteiger partial charge in [-0.15, -0.1) is 0 Å². The molecule has 0 bridgehead atoms. The molecule has 5 nitrogen and oxygen atoms in total. The fourth-order valence-electron chi connectivity index (χ4n) is 3.47. The first-order chi connectivity index (χ1) is 8.99. The number of nitrogens with one attached hydrogen (secondary N) is 1. The molecular weight excluding hydrogens is 246 g/mol. The Morgan fingerprint density at radius 2 is 1.89 bits per heavy atom. The van der Waals surface area contributed by atoms with Gasteiger partial charge in [0, 0.05) is 12.5 Å². The van der Waals surface area contributed by atoms with Crippen molar-refractivity contribution < 1.29 is 19.8 Å². The summed E-state index contributed by atoms with van der Waals surface area (Å²) in [5, 5.41) is 21.7. The van der Waals surface area contributed by atoms with Crippen molar-refractivity contribution >= 4 is 11.9 Å². The number of aliphatic carboxylic acids is 1. The molecule has 0 spiro atoms. The molecule has 108 valence electrons. The molecule has 0 aromatic rings. The lowest BCUT2D eigenvalue weighted by Crippen LogP contribution is -2.39. The fourth-order valence-corrected chi connectivity index (χ4v) is 3.47. The number of carboxylic acids is 1. The Hall–Kier alpha value is -1.10. The van der Waals surface area contributed by atoms with Crippen LogP contribution in [0.3, 0.4) is 0 Å². The van der Waals surface area contributed by atoms with E-state index in [1.165, 1.54) is 0 Å². The summed E-state index contributed by atoms with van der Waals surface area (Å²) >= 11 is 0. The molecule has 0 heterocycles. The molecule has 2 saturated carbocycles. The number of carboxylic acid groups (broad SMARTS) is 1. The van der Waals surface area contributed by atoms with Gasteiger partial charge < -0.3 is 15.5 Å². The lowest BCUT2D eigenvalue weighted by molar-refractivity contribution is -0.146. The monoisotopic (exact) mass is 269 g/mol. The van der Waals surface area contributed by atoms with E-state index in [0.717, 1.165) is 19.3 Å². The van der Waals surface area contributed by atoms with E-state index in [1.807, 2.05) is 6.92 Å². The predicted octanol–water partition coefficient (Wildman–Crippen LogP) is 1.01. The molecular formula is C14H23NO4. The molecule has 2 fully saturated rings. The Bertz CT molecular complexity index is 357. The second kappa shape index (κ2) is 5.90. The van der Waals surface area contributed by atoms with E-state index >= 15 is 0 Å². The van der Waals surface area contributed by atoms with Crippen molar-refractivity contribution in [2.75, 3.05) is 6.54 Å². The maximum absolute atomic E-state index is 12.1. The van der Waals surface area contributed by atoms with Crippen molar-refractivity contribution in [2.45, 2.75) is 45.1 Å². The van der Waals surface area contributed by atoms with E-state index < -0.39 is 17.8 Å². The molecule has 0 aromatic carbocycles. The Kier molecular flexibility index (Phi) is 4.45. The van der Waals surface area contributed by atoms with Crippen molar-refractivity contribution in [3.05, 3.63) is 0 Å². The van der Waals surface area contributed by atoms with Gasteiger partial charge in [-0.25, -0.2) is 0 Å². The SMILES string of the molecule is CC1C[C@H](C(=O)NCC2CCCC2O)[C@H](C(=O)O)C1. The van der Waals surface area contributed by atoms with E-state index in [4.69, 9.17) is 5.11 Å². The van der Waals surface area contributed by atoms with Crippen molar-refractivity contribution in [3.63, 3.8) is 0 Å². The predicted molar refractivity (Wildman–Crippen MR) is 69.4 cm³/mol. The van der Waals surface area contributed by atoms with Crippen molar-refractivity contribution in [2.24, 2.45) is 23.7 Å². The van der Waals surface area contributed by atoms with Gasteiger partial charge in [0.15, 0.2) is 0 Å². The molecule has 5 atom stereocenters. The van der Waals surface area contributed by atoms with Crippen LogP contribution >= 0.6 is 0 Å². The lowest BCUT2D eigenvalue weighted by Gasteiger charge is -2.19. The van der Waals surface area contributed by atoms with Crippen LogP contribution < -0.4 is 5.32 Å². The third kappa shape index (κ3) is 3.26. The van der Waals surface area contributed by atoms with Crippen LogP contribution in [0.25, 0.3) is 0 Å². The summed E-state index contributed by atoms with van der Waals surface area (Å²) in [5.41, 5.74) is 0. The molecule has 3 unspecified atom stereocenters. The zero-order chi connectivity index (χ0) is 14.0. The maximum Gasteiger partial charge on any atom is 0.307 e. The van der Waals surface area contributed by atoms with Gasteiger partial charge in [0.2, 0.25) is 5.91 Å². The number of aliphatic hydroxyl groups excluding tert-OH is 1. The molecule has 2 rings (SSSR count). The smallest absolute Gasteiger partial charge is 0.307 e. The van der Waals surface area contributed by atoms with Crippen LogP contribution in [0.5, 0.6) is 0 Å². The first-order valence-corrected chi connectivity index (χ1v) is 7.17. The van der Waals surface area contributed by atoms with Gasteiger partial charge in [0.25, 0.3) is 0 Å². The lowest BCUT2D eigenvalue weighted by atomic mass is 9.95. The van der Waals surface area contributed by atoms with Gasteiger partial charge in [0.1, 0.15) is 0 Å². The zero-order valence-corrected chi connectivity index (χ0v) is 11.3. The average molecular weight is 269 g/mol. The van der Waals surface area contributed by atoms with Crippen molar-refractivity contribution in [3.8, 4) is 0 Å². The molecule has 2 aliphatic carbocycles. The third-order valence-corrected chi connectivity index (χ3v) is 4.61. The number of aliphatic hydroxyl groups is 1. The van der Waals surface area contributed by atoms with Gasteiger partial charge >= 0.3 is 5.97 Å². The Balaban J connectivity index is 1.86. The largest absolute Gasteiger partial charge is 0.481 e. The molecule has 3 N–H and O–H groups in total. The highest BCUT2D eigenvalue weighted by Gasteiger charge is 2.41. The number of carbonyl (C=O) groups excluding carboxylic acids is 1. The normalized spacial score (nSPS) is 38.3. The molecule has 5 heteroatoms. The molecule has 0 aromatic heterocycles. The number of hydrogen-bond acceptors (Lipinski definition) is 3.